The molecule has 23 heavy (non-hydrogen) atoms. The second-order valence-corrected chi connectivity index (χ2v) is 5.60. The summed E-state index contributed by atoms with van der Waals surface area (Å²) in [6, 6.07) is 15.0. The molecule has 5 nitrogen and oxygen atoms in total. The second-order valence-electron chi connectivity index (χ2n) is 5.16. The Kier molecular flexibility index (Phi) is 4.48. The zero-order valence-corrected chi connectivity index (χ0v) is 13.4. The van der Waals surface area contributed by atoms with Gasteiger partial charge in [0.2, 0.25) is 0 Å². The van der Waals surface area contributed by atoms with Crippen LogP contribution in [0.25, 0.3) is 0 Å². The first-order valence-electron chi connectivity index (χ1n) is 7.22. The van der Waals surface area contributed by atoms with Crippen molar-refractivity contribution in [1.82, 2.24) is 4.90 Å². The zero-order valence-electron chi connectivity index (χ0n) is 12.7. The van der Waals surface area contributed by atoms with Crippen molar-refractivity contribution in [3.63, 3.8) is 0 Å². The summed E-state index contributed by atoms with van der Waals surface area (Å²) >= 11 is 5.89. The molecule has 0 saturated heterocycles. The van der Waals surface area contributed by atoms with E-state index in [4.69, 9.17) is 16.3 Å². The average molecular weight is 331 g/mol. The van der Waals surface area contributed by atoms with Crippen molar-refractivity contribution in [2.75, 3.05) is 19.0 Å². The number of hydrogen-bond acceptors (Lipinski definition) is 3. The number of anilines is 1. The molecule has 1 heterocycles. The number of guanidine groups is 1. The summed E-state index contributed by atoms with van der Waals surface area (Å²) in [7, 11) is 1.63. The molecule has 1 aliphatic rings. The average Bonchev–Trinajstić information content (AvgIpc) is 2.91. The molecule has 0 radical (unpaired) electrons. The SMILES string of the molecule is COc1ccc(CN2C(=O)C[NH+]=C2Nc2ccc(Cl)cc2)cc1. The third kappa shape index (κ3) is 3.63. The summed E-state index contributed by atoms with van der Waals surface area (Å²) in [5, 5.41) is 3.89. The second kappa shape index (κ2) is 6.71. The van der Waals surface area contributed by atoms with Gasteiger partial charge in [-0.05, 0) is 42.0 Å². The number of hydrogen-bond donors (Lipinski definition) is 2. The highest BCUT2D eigenvalue weighted by Gasteiger charge is 2.32. The Bertz CT molecular complexity index is 727. The van der Waals surface area contributed by atoms with Gasteiger partial charge in [0.1, 0.15) is 12.3 Å². The first-order valence-corrected chi connectivity index (χ1v) is 7.60. The van der Waals surface area contributed by atoms with E-state index in [9.17, 15) is 4.79 Å². The van der Waals surface area contributed by atoms with Crippen LogP contribution in [0.15, 0.2) is 48.5 Å². The maximum atomic E-state index is 12.1. The Labute approximate surface area is 139 Å². The van der Waals surface area contributed by atoms with Crippen LogP contribution >= 0.6 is 11.6 Å². The number of halogens is 1. The lowest BCUT2D eigenvalue weighted by atomic mass is 10.2. The van der Waals surface area contributed by atoms with Gasteiger partial charge in [0.15, 0.2) is 6.54 Å². The zero-order chi connectivity index (χ0) is 16.2. The minimum atomic E-state index is 0.0253. The molecule has 0 aliphatic carbocycles. The number of benzene rings is 2. The van der Waals surface area contributed by atoms with Crippen molar-refractivity contribution in [3.8, 4) is 5.75 Å². The van der Waals surface area contributed by atoms with Gasteiger partial charge in [-0.2, -0.15) is 4.90 Å². The highest BCUT2D eigenvalue weighted by atomic mass is 35.5. The van der Waals surface area contributed by atoms with Crippen LogP contribution in [0.4, 0.5) is 5.69 Å². The van der Waals surface area contributed by atoms with Crippen LogP contribution in [0, 0.1) is 0 Å². The summed E-state index contributed by atoms with van der Waals surface area (Å²) < 4.78 is 5.15. The van der Waals surface area contributed by atoms with Crippen LogP contribution in [0.2, 0.25) is 5.02 Å². The molecule has 118 valence electrons. The molecule has 0 aromatic heterocycles. The van der Waals surface area contributed by atoms with Gasteiger partial charge in [0, 0.05) is 5.02 Å². The standard InChI is InChI=1S/C17H16ClN3O2/c1-23-15-8-2-12(3-9-15)11-21-16(22)10-19-17(21)20-14-6-4-13(18)5-7-14/h2-9H,10-11H2,1H3,(H,19,20)/p+1. The monoisotopic (exact) mass is 330 g/mol. The van der Waals surface area contributed by atoms with E-state index in [0.717, 1.165) is 17.0 Å². The Morgan fingerprint density at radius 3 is 2.52 bits per heavy atom. The van der Waals surface area contributed by atoms with Crippen molar-refractivity contribution >= 4 is 29.2 Å². The molecule has 0 atom stereocenters. The lowest BCUT2D eigenvalue weighted by Crippen LogP contribution is -2.72. The number of nitrogens with zero attached hydrogens (tertiary/aromatic N) is 1. The molecule has 0 unspecified atom stereocenters. The Morgan fingerprint density at radius 1 is 1.17 bits per heavy atom. The highest BCUT2D eigenvalue weighted by molar-refractivity contribution is 6.30. The number of ether oxygens (including phenoxy) is 1. The minimum absolute atomic E-state index is 0.0253. The van der Waals surface area contributed by atoms with E-state index in [-0.39, 0.29) is 12.5 Å². The molecular weight excluding hydrogens is 314 g/mol. The van der Waals surface area contributed by atoms with Crippen LogP contribution in [-0.4, -0.2) is 30.4 Å². The summed E-state index contributed by atoms with van der Waals surface area (Å²) in [6.07, 6.45) is 0. The molecule has 2 aromatic carbocycles. The van der Waals surface area contributed by atoms with Gasteiger partial charge in [0.25, 0.3) is 0 Å². The van der Waals surface area contributed by atoms with E-state index in [0.29, 0.717) is 17.5 Å². The van der Waals surface area contributed by atoms with E-state index in [1.807, 2.05) is 36.4 Å². The Morgan fingerprint density at radius 2 is 1.87 bits per heavy atom. The smallest absolute Gasteiger partial charge is 0.358 e. The predicted molar refractivity (Wildman–Crippen MR) is 89.5 cm³/mol. The van der Waals surface area contributed by atoms with E-state index in [1.165, 1.54) is 0 Å². The molecule has 0 saturated carbocycles. The third-order valence-corrected chi connectivity index (χ3v) is 3.84. The minimum Gasteiger partial charge on any atom is -0.497 e. The van der Waals surface area contributed by atoms with Gasteiger partial charge in [-0.3, -0.25) is 9.79 Å². The third-order valence-electron chi connectivity index (χ3n) is 3.58. The van der Waals surface area contributed by atoms with Crippen molar-refractivity contribution in [3.05, 3.63) is 59.1 Å². The number of carbonyl (C=O) groups excluding carboxylic acids is 1. The topological polar surface area (TPSA) is 55.5 Å². The molecular formula is C17H17ClN3O2+. The first kappa shape index (κ1) is 15.4. The quantitative estimate of drug-likeness (QED) is 0.887. The van der Waals surface area contributed by atoms with Crippen LogP contribution in [-0.2, 0) is 11.3 Å². The molecule has 1 aliphatic heterocycles. The molecule has 0 spiro atoms. The predicted octanol–water partition coefficient (Wildman–Crippen LogP) is 1.24. The Hall–Kier alpha value is -2.53. The largest absolute Gasteiger partial charge is 0.497 e. The maximum Gasteiger partial charge on any atom is 0.358 e. The van der Waals surface area contributed by atoms with E-state index in [2.05, 4.69) is 10.3 Å². The summed E-state index contributed by atoms with van der Waals surface area (Å²) in [5.74, 6) is 1.49. The van der Waals surface area contributed by atoms with Crippen LogP contribution in [0.1, 0.15) is 5.56 Å². The molecule has 0 bridgehead atoms. The van der Waals surface area contributed by atoms with Crippen molar-refractivity contribution in [1.29, 1.82) is 0 Å². The van der Waals surface area contributed by atoms with Crippen LogP contribution < -0.4 is 15.0 Å². The highest BCUT2D eigenvalue weighted by Crippen LogP contribution is 2.16. The Balaban J connectivity index is 1.72. The maximum absolute atomic E-state index is 12.1. The summed E-state index contributed by atoms with van der Waals surface area (Å²) in [6.45, 7) is 0.776. The fourth-order valence-corrected chi connectivity index (χ4v) is 2.46. The van der Waals surface area contributed by atoms with Crippen LogP contribution in [0.3, 0.4) is 0 Å². The van der Waals surface area contributed by atoms with Crippen molar-refractivity contribution in [2.24, 2.45) is 0 Å². The molecule has 1 amide bonds. The summed E-state index contributed by atoms with van der Waals surface area (Å²) in [4.78, 5) is 16.9. The molecule has 6 heteroatoms. The molecule has 2 N–H and O–H groups in total. The number of nitrogens with one attached hydrogen (secondary N) is 2. The number of amides is 1. The van der Waals surface area contributed by atoms with Gasteiger partial charge in [-0.25, -0.2) is 5.32 Å². The molecule has 0 fully saturated rings. The van der Waals surface area contributed by atoms with Gasteiger partial charge < -0.3 is 4.74 Å². The lowest BCUT2D eigenvalue weighted by Gasteiger charge is -2.13. The van der Waals surface area contributed by atoms with Gasteiger partial charge >= 0.3 is 11.9 Å². The first-order chi connectivity index (χ1) is 11.2. The molecule has 3 rings (SSSR count). The number of carbonyl (C=O) groups is 1. The van der Waals surface area contributed by atoms with E-state index >= 15 is 0 Å². The number of rotatable bonds is 4. The fraction of sp³-hybridized carbons (Fsp3) is 0.176. The number of methoxy groups -OCH3 is 1. The lowest BCUT2D eigenvalue weighted by molar-refractivity contribution is -0.438. The fourth-order valence-electron chi connectivity index (χ4n) is 2.34. The van der Waals surface area contributed by atoms with E-state index < -0.39 is 0 Å². The van der Waals surface area contributed by atoms with E-state index in [1.54, 1.807) is 24.1 Å². The normalized spacial score (nSPS) is 13.9. The van der Waals surface area contributed by atoms with Crippen molar-refractivity contribution in [2.45, 2.75) is 6.54 Å². The van der Waals surface area contributed by atoms with Crippen LogP contribution in [0.5, 0.6) is 5.75 Å². The van der Waals surface area contributed by atoms with Gasteiger partial charge in [-0.1, -0.05) is 23.7 Å². The van der Waals surface area contributed by atoms with Gasteiger partial charge in [-0.15, -0.1) is 0 Å². The van der Waals surface area contributed by atoms with Crippen molar-refractivity contribution < 1.29 is 14.5 Å². The van der Waals surface area contributed by atoms with Gasteiger partial charge in [0.05, 0.1) is 12.8 Å². The molecule has 2 aromatic rings. The summed E-state index contributed by atoms with van der Waals surface area (Å²) in [5.41, 5.74) is 1.89.